The Morgan fingerprint density at radius 3 is 2.95 bits per heavy atom. The molecule has 3 nitrogen and oxygen atoms in total. The predicted molar refractivity (Wildman–Crippen MR) is 91.2 cm³/mol. The van der Waals surface area contributed by atoms with Crippen LogP contribution in [-0.2, 0) is 0 Å². The highest BCUT2D eigenvalue weighted by atomic mass is 79.9. The topological polar surface area (TPSA) is 42.1 Å². The molecule has 0 radical (unpaired) electrons. The largest absolute Gasteiger partial charge is 0.326 e. The molecule has 2 N–H and O–H groups in total. The van der Waals surface area contributed by atoms with Crippen molar-refractivity contribution in [2.24, 2.45) is 11.7 Å². The molecule has 112 valence electrons. The number of nitrogens with zero attached hydrogens (tertiary/aromatic N) is 2. The van der Waals surface area contributed by atoms with Gasteiger partial charge in [-0.15, -0.1) is 0 Å². The average Bonchev–Trinajstić information content (AvgIpc) is 2.80. The first-order valence-corrected chi connectivity index (χ1v) is 8.40. The van der Waals surface area contributed by atoms with Gasteiger partial charge in [0.25, 0.3) is 0 Å². The van der Waals surface area contributed by atoms with Gasteiger partial charge in [-0.3, -0.25) is 9.88 Å². The van der Waals surface area contributed by atoms with Crippen molar-refractivity contribution < 1.29 is 0 Å². The average molecular weight is 348 g/mol. The maximum absolute atomic E-state index is 6.43. The molecule has 1 aliphatic heterocycles. The summed E-state index contributed by atoms with van der Waals surface area (Å²) >= 11 is 3.63. The third-order valence-electron chi connectivity index (χ3n) is 4.21. The summed E-state index contributed by atoms with van der Waals surface area (Å²) in [6.07, 6.45) is 2.92. The van der Waals surface area contributed by atoms with Crippen LogP contribution in [0.2, 0.25) is 0 Å². The van der Waals surface area contributed by atoms with Gasteiger partial charge in [-0.05, 0) is 30.0 Å². The third-order valence-corrected chi connectivity index (χ3v) is 4.91. The Balaban J connectivity index is 2.08. The Morgan fingerprint density at radius 1 is 1.38 bits per heavy atom. The van der Waals surface area contributed by atoms with Crippen LogP contribution in [0.3, 0.4) is 0 Å². The first kappa shape index (κ1) is 14.9. The molecule has 1 aromatic carbocycles. The van der Waals surface area contributed by atoms with Gasteiger partial charge in [0.2, 0.25) is 0 Å². The van der Waals surface area contributed by atoms with E-state index in [0.717, 1.165) is 29.5 Å². The molecule has 1 saturated heterocycles. The summed E-state index contributed by atoms with van der Waals surface area (Å²) in [5.41, 5.74) is 8.76. The van der Waals surface area contributed by atoms with E-state index >= 15 is 0 Å². The number of likely N-dealkylation sites (tertiary alicyclic amines) is 1. The minimum Gasteiger partial charge on any atom is -0.326 e. The van der Waals surface area contributed by atoms with Crippen molar-refractivity contribution >= 4 is 26.8 Å². The molecule has 1 fully saturated rings. The lowest BCUT2D eigenvalue weighted by molar-refractivity contribution is 0.222. The molecule has 1 aromatic heterocycles. The van der Waals surface area contributed by atoms with Gasteiger partial charge in [-0.1, -0.05) is 41.9 Å². The van der Waals surface area contributed by atoms with Crippen LogP contribution in [0.1, 0.15) is 31.9 Å². The summed E-state index contributed by atoms with van der Waals surface area (Å²) < 4.78 is 1.09. The Labute approximate surface area is 134 Å². The lowest BCUT2D eigenvalue weighted by Gasteiger charge is -2.29. The number of nitrogens with two attached hydrogens (primary N) is 1. The van der Waals surface area contributed by atoms with E-state index in [0.29, 0.717) is 5.92 Å². The van der Waals surface area contributed by atoms with Crippen LogP contribution in [0.5, 0.6) is 0 Å². The fourth-order valence-corrected chi connectivity index (χ4v) is 3.83. The molecule has 0 amide bonds. The fraction of sp³-hybridized carbons (Fsp3) is 0.471. The highest BCUT2D eigenvalue weighted by Crippen LogP contribution is 2.36. The number of rotatable bonds is 3. The summed E-state index contributed by atoms with van der Waals surface area (Å²) in [5.74, 6) is 0.646. The van der Waals surface area contributed by atoms with Crippen molar-refractivity contribution in [3.8, 4) is 0 Å². The molecule has 2 atom stereocenters. The summed E-state index contributed by atoms with van der Waals surface area (Å²) in [6, 6.07) is 8.87. The summed E-state index contributed by atoms with van der Waals surface area (Å²) in [6.45, 7) is 6.69. The van der Waals surface area contributed by atoms with E-state index in [4.69, 9.17) is 5.73 Å². The first-order chi connectivity index (χ1) is 10.1. The Bertz CT molecular complexity index is 641. The van der Waals surface area contributed by atoms with Gasteiger partial charge in [0.05, 0.1) is 11.6 Å². The van der Waals surface area contributed by atoms with E-state index in [9.17, 15) is 0 Å². The number of benzene rings is 1. The van der Waals surface area contributed by atoms with Crippen molar-refractivity contribution in [3.05, 3.63) is 40.5 Å². The monoisotopic (exact) mass is 347 g/mol. The van der Waals surface area contributed by atoms with E-state index in [2.05, 4.69) is 57.9 Å². The van der Waals surface area contributed by atoms with Crippen LogP contribution in [0.25, 0.3) is 10.9 Å². The lowest BCUT2D eigenvalue weighted by atomic mass is 9.97. The lowest BCUT2D eigenvalue weighted by Crippen LogP contribution is -2.34. The highest BCUT2D eigenvalue weighted by Gasteiger charge is 2.34. The zero-order chi connectivity index (χ0) is 15.0. The quantitative estimate of drug-likeness (QED) is 0.919. The number of pyridine rings is 1. The van der Waals surface area contributed by atoms with Gasteiger partial charge in [0.1, 0.15) is 0 Å². The van der Waals surface area contributed by atoms with Gasteiger partial charge in [-0.25, -0.2) is 0 Å². The van der Waals surface area contributed by atoms with Gasteiger partial charge in [-0.2, -0.15) is 0 Å². The number of hydrogen-bond acceptors (Lipinski definition) is 3. The SMILES string of the molecule is CC(C)CN1CCC(N)C1c1ccc(Br)c2cccnc12. The molecule has 4 heteroatoms. The normalized spacial score (nSPS) is 23.3. The Hall–Kier alpha value is -0.970. The van der Waals surface area contributed by atoms with Gasteiger partial charge < -0.3 is 5.73 Å². The smallest absolute Gasteiger partial charge is 0.0761 e. The van der Waals surface area contributed by atoms with Crippen LogP contribution in [0.4, 0.5) is 0 Å². The second-order valence-electron chi connectivity index (χ2n) is 6.32. The van der Waals surface area contributed by atoms with Crippen molar-refractivity contribution in [2.45, 2.75) is 32.4 Å². The molecule has 1 aliphatic rings. The maximum atomic E-state index is 6.43. The van der Waals surface area contributed by atoms with Crippen LogP contribution in [0, 0.1) is 5.92 Å². The molecule has 2 heterocycles. The second-order valence-corrected chi connectivity index (χ2v) is 7.18. The highest BCUT2D eigenvalue weighted by molar-refractivity contribution is 9.10. The first-order valence-electron chi connectivity index (χ1n) is 7.60. The standard InChI is InChI=1S/C17H22BrN3/c1-11(2)10-21-9-7-15(19)17(21)13-5-6-14(18)12-4-3-8-20-16(12)13/h3-6,8,11,15,17H,7,9-10,19H2,1-2H3. The van der Waals surface area contributed by atoms with E-state index in [1.165, 1.54) is 10.9 Å². The number of fused-ring (bicyclic) bond motifs is 1. The molecule has 0 bridgehead atoms. The van der Waals surface area contributed by atoms with Crippen LogP contribution in [-0.4, -0.2) is 29.0 Å². The molecule has 2 unspecified atom stereocenters. The summed E-state index contributed by atoms with van der Waals surface area (Å²) in [5, 5.41) is 1.17. The van der Waals surface area contributed by atoms with E-state index in [1.54, 1.807) is 0 Å². The van der Waals surface area contributed by atoms with Crippen molar-refractivity contribution in [1.82, 2.24) is 9.88 Å². The van der Waals surface area contributed by atoms with Crippen molar-refractivity contribution in [3.63, 3.8) is 0 Å². The third kappa shape index (κ3) is 2.85. The van der Waals surface area contributed by atoms with E-state index < -0.39 is 0 Å². The van der Waals surface area contributed by atoms with E-state index in [1.807, 2.05) is 12.3 Å². The van der Waals surface area contributed by atoms with E-state index in [-0.39, 0.29) is 12.1 Å². The number of aromatic nitrogens is 1. The zero-order valence-electron chi connectivity index (χ0n) is 12.6. The molecule has 0 spiro atoms. The minimum atomic E-state index is 0.190. The summed E-state index contributed by atoms with van der Waals surface area (Å²) in [4.78, 5) is 7.14. The minimum absolute atomic E-state index is 0.190. The van der Waals surface area contributed by atoms with Crippen LogP contribution < -0.4 is 5.73 Å². The van der Waals surface area contributed by atoms with Gasteiger partial charge in [0, 0.05) is 35.2 Å². The molecular weight excluding hydrogens is 326 g/mol. The molecule has 3 rings (SSSR count). The van der Waals surface area contributed by atoms with Gasteiger partial charge >= 0.3 is 0 Å². The Morgan fingerprint density at radius 2 is 2.19 bits per heavy atom. The predicted octanol–water partition coefficient (Wildman–Crippen LogP) is 3.73. The second kappa shape index (κ2) is 6.03. The van der Waals surface area contributed by atoms with Crippen LogP contribution >= 0.6 is 15.9 Å². The van der Waals surface area contributed by atoms with Crippen molar-refractivity contribution in [1.29, 1.82) is 0 Å². The molecule has 0 aliphatic carbocycles. The van der Waals surface area contributed by atoms with Crippen molar-refractivity contribution in [2.75, 3.05) is 13.1 Å². The maximum Gasteiger partial charge on any atom is 0.0761 e. The number of hydrogen-bond donors (Lipinski definition) is 1. The summed E-state index contributed by atoms with van der Waals surface area (Å²) in [7, 11) is 0. The van der Waals surface area contributed by atoms with Gasteiger partial charge in [0.15, 0.2) is 0 Å². The fourth-order valence-electron chi connectivity index (χ4n) is 3.38. The molecular formula is C17H22BrN3. The molecule has 0 saturated carbocycles. The van der Waals surface area contributed by atoms with Crippen LogP contribution in [0.15, 0.2) is 34.9 Å². The molecule has 2 aromatic rings. The number of halogens is 1. The Kier molecular flexibility index (Phi) is 4.29. The zero-order valence-corrected chi connectivity index (χ0v) is 14.2. The molecule has 21 heavy (non-hydrogen) atoms.